The molecule has 2 aromatic rings. The van der Waals surface area contributed by atoms with Gasteiger partial charge in [-0.3, -0.25) is 0 Å². The lowest BCUT2D eigenvalue weighted by Crippen LogP contribution is -2.37. The van der Waals surface area contributed by atoms with E-state index in [0.717, 1.165) is 31.4 Å². The van der Waals surface area contributed by atoms with Gasteiger partial charge in [-0.15, -0.1) is 0 Å². The number of rotatable bonds is 5. The Kier molecular flexibility index (Phi) is 5.50. The highest BCUT2D eigenvalue weighted by Gasteiger charge is 2.31. The molecule has 0 aliphatic carbocycles. The van der Waals surface area contributed by atoms with Crippen molar-refractivity contribution in [2.75, 3.05) is 0 Å². The van der Waals surface area contributed by atoms with Crippen LogP contribution in [0.1, 0.15) is 38.7 Å². The fourth-order valence-corrected chi connectivity index (χ4v) is 3.72. The van der Waals surface area contributed by atoms with E-state index in [1.807, 2.05) is 43.1 Å². The van der Waals surface area contributed by atoms with Gasteiger partial charge < -0.3 is 14.0 Å². The zero-order chi connectivity index (χ0) is 17.2. The molecule has 1 aromatic carbocycles. The third-order valence-electron chi connectivity index (χ3n) is 4.29. The van der Waals surface area contributed by atoms with Crippen molar-refractivity contribution in [1.82, 2.24) is 9.55 Å². The van der Waals surface area contributed by atoms with Gasteiger partial charge in [0.15, 0.2) is 6.29 Å². The summed E-state index contributed by atoms with van der Waals surface area (Å²) < 4.78 is 14.4. The SMILES string of the molecule is CC(C)(OC1CCCC(Cn2ccnc2)O1)c1ccc(Cl)cc1Cl. The molecule has 6 heteroatoms. The van der Waals surface area contributed by atoms with Crippen LogP contribution >= 0.6 is 23.2 Å². The molecule has 130 valence electrons. The van der Waals surface area contributed by atoms with E-state index in [9.17, 15) is 0 Å². The molecule has 1 aromatic heterocycles. The summed E-state index contributed by atoms with van der Waals surface area (Å²) in [5, 5.41) is 1.23. The Labute approximate surface area is 152 Å². The van der Waals surface area contributed by atoms with Crippen LogP contribution in [0.4, 0.5) is 0 Å². The Morgan fingerprint density at radius 3 is 2.88 bits per heavy atom. The van der Waals surface area contributed by atoms with Gasteiger partial charge in [0, 0.05) is 34.5 Å². The normalized spacial score (nSPS) is 21.8. The number of hydrogen-bond donors (Lipinski definition) is 0. The smallest absolute Gasteiger partial charge is 0.159 e. The van der Waals surface area contributed by atoms with Crippen LogP contribution in [-0.4, -0.2) is 21.9 Å². The number of nitrogens with zero attached hydrogens (tertiary/aromatic N) is 2. The van der Waals surface area contributed by atoms with E-state index >= 15 is 0 Å². The number of benzene rings is 1. The Bertz CT molecular complexity index is 674. The molecule has 0 radical (unpaired) electrons. The minimum atomic E-state index is -0.552. The van der Waals surface area contributed by atoms with Crippen LogP contribution in [0.5, 0.6) is 0 Å². The maximum absolute atomic E-state index is 6.34. The molecule has 3 rings (SSSR count). The second-order valence-electron chi connectivity index (χ2n) is 6.63. The van der Waals surface area contributed by atoms with Crippen LogP contribution in [0.3, 0.4) is 0 Å². The first-order valence-electron chi connectivity index (χ1n) is 8.18. The van der Waals surface area contributed by atoms with Gasteiger partial charge in [0.1, 0.15) is 0 Å². The summed E-state index contributed by atoms with van der Waals surface area (Å²) >= 11 is 12.3. The number of ether oxygens (including phenoxy) is 2. The highest BCUT2D eigenvalue weighted by Crippen LogP contribution is 2.35. The van der Waals surface area contributed by atoms with E-state index < -0.39 is 5.60 Å². The summed E-state index contributed by atoms with van der Waals surface area (Å²) in [7, 11) is 0. The van der Waals surface area contributed by atoms with Gasteiger partial charge in [-0.05, 0) is 45.2 Å². The topological polar surface area (TPSA) is 36.3 Å². The minimum absolute atomic E-state index is 0.134. The zero-order valence-electron chi connectivity index (χ0n) is 13.9. The van der Waals surface area contributed by atoms with E-state index in [2.05, 4.69) is 4.98 Å². The van der Waals surface area contributed by atoms with Crippen LogP contribution in [0.25, 0.3) is 0 Å². The number of aromatic nitrogens is 2. The molecular formula is C18H22Cl2N2O2. The number of hydrogen-bond acceptors (Lipinski definition) is 3. The Morgan fingerprint density at radius 2 is 2.17 bits per heavy atom. The lowest BCUT2D eigenvalue weighted by molar-refractivity contribution is -0.242. The van der Waals surface area contributed by atoms with Crippen molar-refractivity contribution in [3.63, 3.8) is 0 Å². The molecule has 0 amide bonds. The third kappa shape index (κ3) is 4.31. The van der Waals surface area contributed by atoms with Crippen molar-refractivity contribution in [2.24, 2.45) is 0 Å². The van der Waals surface area contributed by atoms with Crippen LogP contribution < -0.4 is 0 Å². The predicted molar refractivity (Wildman–Crippen MR) is 95.3 cm³/mol. The van der Waals surface area contributed by atoms with E-state index in [0.29, 0.717) is 10.0 Å². The average Bonchev–Trinajstić information content (AvgIpc) is 2.99. The maximum atomic E-state index is 6.34. The minimum Gasteiger partial charge on any atom is -0.348 e. The Morgan fingerprint density at radius 1 is 1.33 bits per heavy atom. The molecular weight excluding hydrogens is 347 g/mol. The highest BCUT2D eigenvalue weighted by atomic mass is 35.5. The van der Waals surface area contributed by atoms with E-state index in [1.54, 1.807) is 12.3 Å². The van der Waals surface area contributed by atoms with Crippen LogP contribution in [0.2, 0.25) is 10.0 Å². The summed E-state index contributed by atoms with van der Waals surface area (Å²) in [6, 6.07) is 5.49. The summed E-state index contributed by atoms with van der Waals surface area (Å²) in [4.78, 5) is 4.07. The quantitative estimate of drug-likeness (QED) is 0.741. The lowest BCUT2D eigenvalue weighted by Gasteiger charge is -2.36. The van der Waals surface area contributed by atoms with E-state index in [-0.39, 0.29) is 12.4 Å². The molecule has 1 aliphatic rings. The molecule has 0 spiro atoms. The van der Waals surface area contributed by atoms with Crippen molar-refractivity contribution in [3.8, 4) is 0 Å². The molecule has 4 nitrogen and oxygen atoms in total. The van der Waals surface area contributed by atoms with Gasteiger partial charge in [-0.1, -0.05) is 29.3 Å². The first kappa shape index (κ1) is 17.7. The summed E-state index contributed by atoms with van der Waals surface area (Å²) in [5.74, 6) is 0. The fourth-order valence-electron chi connectivity index (χ4n) is 3.08. The van der Waals surface area contributed by atoms with E-state index in [1.165, 1.54) is 0 Å². The van der Waals surface area contributed by atoms with Gasteiger partial charge in [-0.25, -0.2) is 4.98 Å². The number of imidazole rings is 1. The Balaban J connectivity index is 1.65. The van der Waals surface area contributed by atoms with Crippen molar-refractivity contribution in [1.29, 1.82) is 0 Å². The maximum Gasteiger partial charge on any atom is 0.159 e. The Hall–Kier alpha value is -1.07. The standard InChI is InChI=1S/C18H22Cl2N2O2/c1-18(2,15-7-6-13(19)10-16(15)20)24-17-5-3-4-14(23-17)11-22-9-8-21-12-22/h6-10,12,14,17H,3-5,11H2,1-2H3. The van der Waals surface area contributed by atoms with Gasteiger partial charge in [-0.2, -0.15) is 0 Å². The summed E-state index contributed by atoms with van der Waals surface area (Å²) in [6.07, 6.45) is 8.42. The molecule has 2 heterocycles. The predicted octanol–water partition coefficient (Wildman–Crippen LogP) is 5.04. The summed E-state index contributed by atoms with van der Waals surface area (Å²) in [5.41, 5.74) is 0.359. The molecule has 1 aliphatic heterocycles. The molecule has 0 bridgehead atoms. The molecule has 1 saturated heterocycles. The fraction of sp³-hybridized carbons (Fsp3) is 0.500. The molecule has 2 unspecified atom stereocenters. The lowest BCUT2D eigenvalue weighted by atomic mass is 9.97. The second kappa shape index (κ2) is 7.44. The van der Waals surface area contributed by atoms with Gasteiger partial charge in [0.2, 0.25) is 0 Å². The molecule has 1 fully saturated rings. The van der Waals surface area contributed by atoms with Gasteiger partial charge in [0.05, 0.1) is 18.0 Å². The monoisotopic (exact) mass is 368 g/mol. The molecule has 24 heavy (non-hydrogen) atoms. The van der Waals surface area contributed by atoms with Crippen molar-refractivity contribution in [3.05, 3.63) is 52.5 Å². The average molecular weight is 369 g/mol. The molecule has 0 N–H and O–H groups in total. The van der Waals surface area contributed by atoms with Crippen molar-refractivity contribution < 1.29 is 9.47 Å². The van der Waals surface area contributed by atoms with Crippen molar-refractivity contribution in [2.45, 2.75) is 57.6 Å². The van der Waals surface area contributed by atoms with Gasteiger partial charge >= 0.3 is 0 Å². The van der Waals surface area contributed by atoms with Crippen LogP contribution in [0, 0.1) is 0 Å². The second-order valence-corrected chi connectivity index (χ2v) is 7.47. The first-order chi connectivity index (χ1) is 11.4. The largest absolute Gasteiger partial charge is 0.348 e. The van der Waals surface area contributed by atoms with Crippen LogP contribution in [-0.2, 0) is 21.6 Å². The third-order valence-corrected chi connectivity index (χ3v) is 4.84. The zero-order valence-corrected chi connectivity index (χ0v) is 15.4. The number of halogens is 2. The summed E-state index contributed by atoms with van der Waals surface area (Å²) in [6.45, 7) is 4.80. The van der Waals surface area contributed by atoms with Gasteiger partial charge in [0.25, 0.3) is 0 Å². The first-order valence-corrected chi connectivity index (χ1v) is 8.94. The molecule has 2 atom stereocenters. The van der Waals surface area contributed by atoms with E-state index in [4.69, 9.17) is 32.7 Å². The van der Waals surface area contributed by atoms with Crippen LogP contribution in [0.15, 0.2) is 36.9 Å². The molecule has 0 saturated carbocycles. The van der Waals surface area contributed by atoms with Crippen molar-refractivity contribution >= 4 is 23.2 Å². The highest BCUT2D eigenvalue weighted by molar-refractivity contribution is 6.35.